The smallest absolute Gasteiger partial charge is 0.315 e. The second-order valence-electron chi connectivity index (χ2n) is 6.26. The number of fused-ring (bicyclic) bond motifs is 1. The van der Waals surface area contributed by atoms with Crippen LogP contribution in [0.1, 0.15) is 37.3 Å². The number of rotatable bonds is 4. The highest BCUT2D eigenvalue weighted by atomic mass is 16.3. The van der Waals surface area contributed by atoms with Gasteiger partial charge in [0.05, 0.1) is 12.6 Å². The third-order valence-corrected chi connectivity index (χ3v) is 4.86. The van der Waals surface area contributed by atoms with Crippen LogP contribution < -0.4 is 10.6 Å². The number of piperidine rings is 1. The molecule has 3 unspecified atom stereocenters. The molecule has 2 aliphatic heterocycles. The Kier molecular flexibility index (Phi) is 4.95. The van der Waals surface area contributed by atoms with Crippen LogP contribution >= 0.6 is 0 Å². The molecule has 2 heterocycles. The van der Waals surface area contributed by atoms with Crippen LogP contribution in [0.3, 0.4) is 0 Å². The monoisotopic (exact) mass is 303 g/mol. The highest BCUT2D eigenvalue weighted by Gasteiger charge is 2.36. The molecule has 3 atom stereocenters. The van der Waals surface area contributed by atoms with Crippen LogP contribution in [0.25, 0.3) is 0 Å². The first-order valence-electron chi connectivity index (χ1n) is 8.25. The van der Waals surface area contributed by atoms with Gasteiger partial charge in [-0.15, -0.1) is 0 Å². The van der Waals surface area contributed by atoms with E-state index in [-0.39, 0.29) is 24.7 Å². The number of carbonyl (C=O) groups excluding carboxylic acids is 1. The molecular weight excluding hydrogens is 278 g/mol. The number of carbonyl (C=O) groups is 1. The predicted molar refractivity (Wildman–Crippen MR) is 85.6 cm³/mol. The van der Waals surface area contributed by atoms with Crippen molar-refractivity contribution in [2.24, 2.45) is 0 Å². The standard InChI is InChI=1S/C17H25N3O2/c21-12-15(13-6-2-1-3-7-13)19-17(22)18-14-9-11-20-10-5-4-8-16(14)20/h1-3,6-7,14-16,21H,4-5,8-12H2,(H2,18,19,22). The number of amides is 2. The van der Waals surface area contributed by atoms with Gasteiger partial charge in [0.25, 0.3) is 0 Å². The molecule has 22 heavy (non-hydrogen) atoms. The van der Waals surface area contributed by atoms with E-state index in [1.54, 1.807) is 0 Å². The van der Waals surface area contributed by atoms with E-state index in [1.165, 1.54) is 19.3 Å². The van der Waals surface area contributed by atoms with E-state index in [4.69, 9.17) is 0 Å². The Hall–Kier alpha value is -1.59. The van der Waals surface area contributed by atoms with Gasteiger partial charge in [-0.3, -0.25) is 4.90 Å². The molecule has 0 bridgehead atoms. The second-order valence-corrected chi connectivity index (χ2v) is 6.26. The van der Waals surface area contributed by atoms with Crippen LogP contribution in [-0.4, -0.2) is 47.8 Å². The minimum atomic E-state index is -0.356. The van der Waals surface area contributed by atoms with Crippen LogP contribution in [0.15, 0.2) is 30.3 Å². The van der Waals surface area contributed by atoms with Gasteiger partial charge >= 0.3 is 6.03 Å². The average molecular weight is 303 g/mol. The summed E-state index contributed by atoms with van der Waals surface area (Å²) in [5.41, 5.74) is 0.922. The molecule has 1 aromatic carbocycles. The Balaban J connectivity index is 1.55. The second kappa shape index (κ2) is 7.11. The number of urea groups is 1. The zero-order valence-electron chi connectivity index (χ0n) is 12.9. The quantitative estimate of drug-likeness (QED) is 0.792. The van der Waals surface area contributed by atoms with Crippen molar-refractivity contribution in [3.63, 3.8) is 0 Å². The van der Waals surface area contributed by atoms with E-state index in [0.29, 0.717) is 6.04 Å². The zero-order valence-corrected chi connectivity index (χ0v) is 12.9. The van der Waals surface area contributed by atoms with Gasteiger partial charge < -0.3 is 15.7 Å². The molecule has 2 fully saturated rings. The van der Waals surface area contributed by atoms with Crippen LogP contribution in [0.4, 0.5) is 4.79 Å². The van der Waals surface area contributed by atoms with Gasteiger partial charge in [0.1, 0.15) is 0 Å². The lowest BCUT2D eigenvalue weighted by Gasteiger charge is -2.32. The van der Waals surface area contributed by atoms with Crippen LogP contribution in [0, 0.1) is 0 Å². The molecule has 5 heteroatoms. The molecule has 0 radical (unpaired) electrons. The van der Waals surface area contributed by atoms with Gasteiger partial charge in [0, 0.05) is 18.6 Å². The number of aliphatic hydroxyl groups is 1. The summed E-state index contributed by atoms with van der Waals surface area (Å²) < 4.78 is 0. The molecule has 0 saturated carbocycles. The minimum Gasteiger partial charge on any atom is -0.394 e. The molecule has 3 rings (SSSR count). The summed E-state index contributed by atoms with van der Waals surface area (Å²) >= 11 is 0. The molecule has 2 aliphatic rings. The SMILES string of the molecule is O=C(NC(CO)c1ccccc1)NC1CCN2CCCCC12. The average Bonchev–Trinajstić information content (AvgIpc) is 2.96. The van der Waals surface area contributed by atoms with E-state index in [1.807, 2.05) is 30.3 Å². The molecular formula is C17H25N3O2. The van der Waals surface area contributed by atoms with Gasteiger partial charge in [0.2, 0.25) is 0 Å². The van der Waals surface area contributed by atoms with E-state index in [2.05, 4.69) is 15.5 Å². The van der Waals surface area contributed by atoms with Gasteiger partial charge in [0.15, 0.2) is 0 Å². The number of aliphatic hydroxyl groups excluding tert-OH is 1. The van der Waals surface area contributed by atoms with Crippen LogP contribution in [-0.2, 0) is 0 Å². The van der Waals surface area contributed by atoms with Gasteiger partial charge in [-0.05, 0) is 31.4 Å². The molecule has 1 aromatic rings. The molecule has 5 nitrogen and oxygen atoms in total. The number of hydrogen-bond donors (Lipinski definition) is 3. The summed E-state index contributed by atoms with van der Waals surface area (Å²) in [5, 5.41) is 15.5. The summed E-state index contributed by atoms with van der Waals surface area (Å²) in [6, 6.07) is 9.76. The van der Waals surface area contributed by atoms with Gasteiger partial charge in [-0.1, -0.05) is 36.8 Å². The highest BCUT2D eigenvalue weighted by molar-refractivity contribution is 5.75. The lowest BCUT2D eigenvalue weighted by Crippen LogP contribution is -2.50. The van der Waals surface area contributed by atoms with E-state index < -0.39 is 0 Å². The molecule has 0 aliphatic carbocycles. The van der Waals surface area contributed by atoms with Crippen molar-refractivity contribution in [2.45, 2.75) is 43.8 Å². The normalized spacial score (nSPS) is 26.2. The van der Waals surface area contributed by atoms with Crippen molar-refractivity contribution in [3.8, 4) is 0 Å². The lowest BCUT2D eigenvalue weighted by atomic mass is 9.99. The first kappa shape index (κ1) is 15.3. The molecule has 2 amide bonds. The molecule has 120 valence electrons. The first-order valence-corrected chi connectivity index (χ1v) is 8.25. The summed E-state index contributed by atoms with van der Waals surface area (Å²) in [5.74, 6) is 0. The minimum absolute atomic E-state index is 0.0996. The summed E-state index contributed by atoms with van der Waals surface area (Å²) in [6.07, 6.45) is 4.72. The maximum atomic E-state index is 12.3. The summed E-state index contributed by atoms with van der Waals surface area (Å²) in [6.45, 7) is 2.14. The number of benzene rings is 1. The van der Waals surface area contributed by atoms with Crippen molar-refractivity contribution in [1.82, 2.24) is 15.5 Å². The Morgan fingerprint density at radius 1 is 1.23 bits per heavy atom. The third kappa shape index (κ3) is 3.42. The topological polar surface area (TPSA) is 64.6 Å². The summed E-state index contributed by atoms with van der Waals surface area (Å²) in [4.78, 5) is 14.8. The fourth-order valence-electron chi connectivity index (χ4n) is 3.70. The van der Waals surface area contributed by atoms with E-state index >= 15 is 0 Å². The lowest BCUT2D eigenvalue weighted by molar-refractivity contribution is 0.176. The molecule has 0 spiro atoms. The number of hydrogen-bond acceptors (Lipinski definition) is 3. The zero-order chi connectivity index (χ0) is 15.4. The first-order chi connectivity index (χ1) is 10.8. The maximum Gasteiger partial charge on any atom is 0.315 e. The van der Waals surface area contributed by atoms with Crippen LogP contribution in [0.2, 0.25) is 0 Å². The Labute approximate surface area is 131 Å². The van der Waals surface area contributed by atoms with Crippen molar-refractivity contribution in [3.05, 3.63) is 35.9 Å². The van der Waals surface area contributed by atoms with E-state index in [0.717, 1.165) is 25.1 Å². The van der Waals surface area contributed by atoms with Crippen molar-refractivity contribution in [2.75, 3.05) is 19.7 Å². The van der Waals surface area contributed by atoms with Gasteiger partial charge in [-0.2, -0.15) is 0 Å². The number of nitrogens with one attached hydrogen (secondary N) is 2. The van der Waals surface area contributed by atoms with E-state index in [9.17, 15) is 9.90 Å². The fourth-order valence-corrected chi connectivity index (χ4v) is 3.70. The predicted octanol–water partition coefficient (Wildman–Crippen LogP) is 1.65. The Morgan fingerprint density at radius 3 is 2.82 bits per heavy atom. The van der Waals surface area contributed by atoms with Crippen LogP contribution in [0.5, 0.6) is 0 Å². The highest BCUT2D eigenvalue weighted by Crippen LogP contribution is 2.27. The molecule has 3 N–H and O–H groups in total. The Morgan fingerprint density at radius 2 is 2.05 bits per heavy atom. The van der Waals surface area contributed by atoms with Crippen molar-refractivity contribution in [1.29, 1.82) is 0 Å². The fraction of sp³-hybridized carbons (Fsp3) is 0.588. The Bertz CT molecular complexity index is 494. The van der Waals surface area contributed by atoms with Crippen molar-refractivity contribution < 1.29 is 9.90 Å². The van der Waals surface area contributed by atoms with Crippen molar-refractivity contribution >= 4 is 6.03 Å². The number of nitrogens with zero attached hydrogens (tertiary/aromatic N) is 1. The maximum absolute atomic E-state index is 12.3. The third-order valence-electron chi connectivity index (χ3n) is 4.86. The van der Waals surface area contributed by atoms with Gasteiger partial charge in [-0.25, -0.2) is 4.79 Å². The molecule has 0 aromatic heterocycles. The largest absolute Gasteiger partial charge is 0.394 e. The summed E-state index contributed by atoms with van der Waals surface area (Å²) in [7, 11) is 0. The molecule has 2 saturated heterocycles.